The standard InChI is InChI=1S/C50H33NO/c1-3-17-42-36(11-1)13-8-20-43(42)38-27-25-34(26-28-38)35-29-31-40(32-30-35)51(47-22-9-14-37-12-2-4-18-44(37)47)41-16-7-15-39(33-41)45-21-10-24-49-50(45)46-19-5-6-23-48(46)52-49/h1-33H. The average molecular weight is 664 g/mol. The molecule has 0 atom stereocenters. The molecule has 0 fully saturated rings. The fourth-order valence-corrected chi connectivity index (χ4v) is 7.78. The van der Waals surface area contributed by atoms with Gasteiger partial charge in [-0.15, -0.1) is 0 Å². The van der Waals surface area contributed by atoms with Crippen LogP contribution in [0, 0.1) is 0 Å². The van der Waals surface area contributed by atoms with Gasteiger partial charge in [0, 0.05) is 27.5 Å². The second-order valence-electron chi connectivity index (χ2n) is 13.3. The zero-order chi connectivity index (χ0) is 34.4. The summed E-state index contributed by atoms with van der Waals surface area (Å²) in [7, 11) is 0. The van der Waals surface area contributed by atoms with Gasteiger partial charge in [-0.3, -0.25) is 0 Å². The highest BCUT2D eigenvalue weighted by Crippen LogP contribution is 2.43. The third kappa shape index (κ3) is 5.12. The van der Waals surface area contributed by atoms with Crippen molar-refractivity contribution in [3.8, 4) is 33.4 Å². The van der Waals surface area contributed by atoms with E-state index < -0.39 is 0 Å². The molecule has 10 rings (SSSR count). The minimum absolute atomic E-state index is 0.899. The van der Waals surface area contributed by atoms with Gasteiger partial charge >= 0.3 is 0 Å². The van der Waals surface area contributed by atoms with Crippen LogP contribution >= 0.6 is 0 Å². The Morgan fingerprint density at radius 2 is 0.885 bits per heavy atom. The van der Waals surface area contributed by atoms with Crippen LogP contribution < -0.4 is 4.90 Å². The summed E-state index contributed by atoms with van der Waals surface area (Å²) < 4.78 is 6.26. The molecule has 0 N–H and O–H groups in total. The summed E-state index contributed by atoms with van der Waals surface area (Å²) in [6, 6.07) is 71.7. The van der Waals surface area contributed by atoms with Gasteiger partial charge in [0.15, 0.2) is 0 Å². The summed E-state index contributed by atoms with van der Waals surface area (Å²) in [6.07, 6.45) is 0. The highest BCUT2D eigenvalue weighted by molar-refractivity contribution is 6.12. The molecule has 0 spiro atoms. The van der Waals surface area contributed by atoms with Crippen LogP contribution in [0.5, 0.6) is 0 Å². The minimum Gasteiger partial charge on any atom is -0.456 e. The van der Waals surface area contributed by atoms with Crippen LogP contribution in [-0.4, -0.2) is 0 Å². The van der Waals surface area contributed by atoms with Gasteiger partial charge in [0.2, 0.25) is 0 Å². The van der Waals surface area contributed by atoms with E-state index in [9.17, 15) is 0 Å². The van der Waals surface area contributed by atoms with E-state index in [1.165, 1.54) is 43.8 Å². The lowest BCUT2D eigenvalue weighted by Gasteiger charge is -2.27. The fourth-order valence-electron chi connectivity index (χ4n) is 7.78. The van der Waals surface area contributed by atoms with Crippen molar-refractivity contribution >= 4 is 60.5 Å². The number of nitrogens with zero attached hydrogens (tertiary/aromatic N) is 1. The van der Waals surface area contributed by atoms with Crippen molar-refractivity contribution in [3.63, 3.8) is 0 Å². The maximum absolute atomic E-state index is 6.26. The minimum atomic E-state index is 0.899. The van der Waals surface area contributed by atoms with Crippen molar-refractivity contribution in [1.82, 2.24) is 0 Å². The molecule has 1 heterocycles. The first kappa shape index (κ1) is 30.0. The third-order valence-electron chi connectivity index (χ3n) is 10.3. The maximum atomic E-state index is 6.26. The van der Waals surface area contributed by atoms with E-state index in [2.05, 4.69) is 193 Å². The van der Waals surface area contributed by atoms with E-state index in [1.807, 2.05) is 12.1 Å². The van der Waals surface area contributed by atoms with Crippen molar-refractivity contribution in [1.29, 1.82) is 0 Å². The van der Waals surface area contributed by atoms with Crippen LogP contribution in [0.2, 0.25) is 0 Å². The lowest BCUT2D eigenvalue weighted by molar-refractivity contribution is 0.669. The smallest absolute Gasteiger partial charge is 0.136 e. The van der Waals surface area contributed by atoms with E-state index in [0.717, 1.165) is 50.1 Å². The SMILES string of the molecule is c1cc(-c2cccc3oc4ccccc4c23)cc(N(c2ccc(-c3ccc(-c4cccc5ccccc45)cc3)cc2)c2cccc3ccccc23)c1. The van der Waals surface area contributed by atoms with Crippen LogP contribution in [-0.2, 0) is 0 Å². The number of furan rings is 1. The molecule has 0 bridgehead atoms. The van der Waals surface area contributed by atoms with Crippen molar-refractivity contribution in [3.05, 3.63) is 200 Å². The molecular formula is C50H33NO. The van der Waals surface area contributed by atoms with Crippen LogP contribution in [0.15, 0.2) is 205 Å². The number of anilines is 3. The van der Waals surface area contributed by atoms with Crippen molar-refractivity contribution in [2.75, 3.05) is 4.90 Å². The normalized spacial score (nSPS) is 11.5. The molecule has 0 aliphatic carbocycles. The summed E-state index contributed by atoms with van der Waals surface area (Å²) in [5, 5.41) is 7.21. The molecule has 0 aliphatic rings. The van der Waals surface area contributed by atoms with E-state index >= 15 is 0 Å². The highest BCUT2D eigenvalue weighted by Gasteiger charge is 2.18. The number of benzene rings is 9. The van der Waals surface area contributed by atoms with Gasteiger partial charge in [-0.25, -0.2) is 0 Å². The number of hydrogen-bond acceptors (Lipinski definition) is 2. The monoisotopic (exact) mass is 663 g/mol. The molecule has 0 saturated carbocycles. The summed E-state index contributed by atoms with van der Waals surface area (Å²) in [5.74, 6) is 0. The van der Waals surface area contributed by atoms with E-state index in [4.69, 9.17) is 4.42 Å². The largest absolute Gasteiger partial charge is 0.456 e. The van der Waals surface area contributed by atoms with Crippen LogP contribution in [0.3, 0.4) is 0 Å². The fraction of sp³-hybridized carbons (Fsp3) is 0. The lowest BCUT2D eigenvalue weighted by Crippen LogP contribution is -2.10. The molecule has 2 nitrogen and oxygen atoms in total. The van der Waals surface area contributed by atoms with Gasteiger partial charge in [0.25, 0.3) is 0 Å². The van der Waals surface area contributed by atoms with Gasteiger partial charge in [0.05, 0.1) is 5.69 Å². The first-order valence-corrected chi connectivity index (χ1v) is 17.8. The zero-order valence-corrected chi connectivity index (χ0v) is 28.4. The summed E-state index contributed by atoms with van der Waals surface area (Å²) in [6.45, 7) is 0. The first-order chi connectivity index (χ1) is 25.8. The predicted molar refractivity (Wildman–Crippen MR) is 220 cm³/mol. The van der Waals surface area contributed by atoms with Crippen LogP contribution in [0.25, 0.3) is 76.9 Å². The molecule has 0 saturated heterocycles. The Labute approximate surface area is 302 Å². The molecule has 0 aliphatic heterocycles. The first-order valence-electron chi connectivity index (χ1n) is 17.8. The zero-order valence-electron chi connectivity index (χ0n) is 28.4. The molecule has 244 valence electrons. The van der Waals surface area contributed by atoms with Crippen molar-refractivity contribution < 1.29 is 4.42 Å². The Morgan fingerprint density at radius 3 is 1.69 bits per heavy atom. The number of fused-ring (bicyclic) bond motifs is 5. The molecular weight excluding hydrogens is 631 g/mol. The topological polar surface area (TPSA) is 16.4 Å². The molecule has 52 heavy (non-hydrogen) atoms. The van der Waals surface area contributed by atoms with E-state index in [-0.39, 0.29) is 0 Å². The highest BCUT2D eigenvalue weighted by atomic mass is 16.3. The van der Waals surface area contributed by atoms with Gasteiger partial charge in [-0.2, -0.15) is 0 Å². The maximum Gasteiger partial charge on any atom is 0.136 e. The van der Waals surface area contributed by atoms with Gasteiger partial charge in [-0.05, 0) is 92.0 Å². The average Bonchev–Trinajstić information content (AvgIpc) is 3.60. The van der Waals surface area contributed by atoms with E-state index in [0.29, 0.717) is 0 Å². The van der Waals surface area contributed by atoms with Crippen molar-refractivity contribution in [2.45, 2.75) is 0 Å². The Bertz CT molecular complexity index is 2890. The van der Waals surface area contributed by atoms with Gasteiger partial charge in [0.1, 0.15) is 11.2 Å². The predicted octanol–water partition coefficient (Wildman–Crippen LogP) is 14.4. The Hall–Kier alpha value is -6.90. The lowest BCUT2D eigenvalue weighted by atomic mass is 9.96. The molecule has 0 amide bonds. The summed E-state index contributed by atoms with van der Waals surface area (Å²) in [4.78, 5) is 2.38. The second-order valence-corrected chi connectivity index (χ2v) is 13.3. The Kier molecular flexibility index (Phi) is 7.18. The summed E-state index contributed by atoms with van der Waals surface area (Å²) >= 11 is 0. The number of para-hydroxylation sites is 1. The van der Waals surface area contributed by atoms with Crippen molar-refractivity contribution in [2.24, 2.45) is 0 Å². The molecule has 10 aromatic rings. The number of hydrogen-bond donors (Lipinski definition) is 0. The Balaban J connectivity index is 1.06. The second kappa shape index (κ2) is 12.5. The van der Waals surface area contributed by atoms with Crippen LogP contribution in [0.1, 0.15) is 0 Å². The van der Waals surface area contributed by atoms with Gasteiger partial charge in [-0.1, -0.05) is 158 Å². The quantitative estimate of drug-likeness (QED) is 0.176. The third-order valence-corrected chi connectivity index (χ3v) is 10.3. The molecule has 0 radical (unpaired) electrons. The van der Waals surface area contributed by atoms with Crippen LogP contribution in [0.4, 0.5) is 17.1 Å². The number of rotatable bonds is 6. The molecule has 9 aromatic carbocycles. The molecule has 2 heteroatoms. The summed E-state index contributed by atoms with van der Waals surface area (Å²) in [5.41, 5.74) is 12.3. The van der Waals surface area contributed by atoms with E-state index in [1.54, 1.807) is 0 Å². The Morgan fingerprint density at radius 1 is 0.327 bits per heavy atom. The molecule has 0 unspecified atom stereocenters. The van der Waals surface area contributed by atoms with Gasteiger partial charge < -0.3 is 9.32 Å². The molecule has 1 aromatic heterocycles.